The Hall–Kier alpha value is -1.52. The topological polar surface area (TPSA) is 43.1 Å². The van der Waals surface area contributed by atoms with E-state index < -0.39 is 17.8 Å². The summed E-state index contributed by atoms with van der Waals surface area (Å²) in [6.45, 7) is 0. The standard InChI is InChI=1S/C8H7F2NO2/c9-8(10)5-6-2-1-3-7(4-6)11(12)13/h1-4,8H,5H2. The molecule has 0 aliphatic carbocycles. The molecule has 0 heterocycles. The first-order valence-corrected chi connectivity index (χ1v) is 3.61. The minimum absolute atomic E-state index is 0.154. The second kappa shape index (κ2) is 3.93. The lowest BCUT2D eigenvalue weighted by atomic mass is 10.1. The van der Waals surface area contributed by atoms with Crippen molar-refractivity contribution in [1.29, 1.82) is 0 Å². The molecule has 70 valence electrons. The lowest BCUT2D eigenvalue weighted by Gasteiger charge is -1.98. The number of hydrogen-bond donors (Lipinski definition) is 0. The largest absolute Gasteiger partial charge is 0.269 e. The van der Waals surface area contributed by atoms with Crippen molar-refractivity contribution < 1.29 is 13.7 Å². The zero-order valence-corrected chi connectivity index (χ0v) is 6.61. The Bertz CT molecular complexity index is 315. The van der Waals surface area contributed by atoms with E-state index in [2.05, 4.69) is 0 Å². The van der Waals surface area contributed by atoms with Crippen LogP contribution in [0.2, 0.25) is 0 Å². The molecule has 5 heteroatoms. The summed E-state index contributed by atoms with van der Waals surface area (Å²) in [6, 6.07) is 5.27. The molecule has 0 amide bonds. The minimum atomic E-state index is -2.47. The first kappa shape index (κ1) is 9.57. The average Bonchev–Trinajstić information content (AvgIpc) is 2.03. The zero-order chi connectivity index (χ0) is 9.84. The summed E-state index contributed by atoms with van der Waals surface area (Å²) in [4.78, 5) is 9.65. The molecule has 1 rings (SSSR count). The lowest BCUT2D eigenvalue weighted by molar-refractivity contribution is -0.384. The molecule has 3 nitrogen and oxygen atoms in total. The van der Waals surface area contributed by atoms with Crippen molar-refractivity contribution in [3.63, 3.8) is 0 Å². The van der Waals surface area contributed by atoms with E-state index in [1.165, 1.54) is 18.2 Å². The molecule has 0 aliphatic heterocycles. The van der Waals surface area contributed by atoms with Gasteiger partial charge >= 0.3 is 0 Å². The van der Waals surface area contributed by atoms with Crippen molar-refractivity contribution in [2.45, 2.75) is 12.8 Å². The first-order chi connectivity index (χ1) is 6.09. The van der Waals surface area contributed by atoms with Gasteiger partial charge in [-0.05, 0) is 5.56 Å². The van der Waals surface area contributed by atoms with Gasteiger partial charge in [-0.1, -0.05) is 12.1 Å². The molecular weight excluding hydrogens is 180 g/mol. The van der Waals surface area contributed by atoms with Crippen LogP contribution in [0.5, 0.6) is 0 Å². The maximum atomic E-state index is 11.9. The molecule has 0 saturated carbocycles. The molecule has 1 aromatic rings. The lowest BCUT2D eigenvalue weighted by Crippen LogP contribution is -1.97. The Kier molecular flexibility index (Phi) is 2.89. The van der Waals surface area contributed by atoms with E-state index in [9.17, 15) is 18.9 Å². The monoisotopic (exact) mass is 187 g/mol. The van der Waals surface area contributed by atoms with Gasteiger partial charge in [-0.25, -0.2) is 8.78 Å². The van der Waals surface area contributed by atoms with Crippen molar-refractivity contribution in [1.82, 2.24) is 0 Å². The highest BCUT2D eigenvalue weighted by atomic mass is 19.3. The Morgan fingerprint density at radius 1 is 1.46 bits per heavy atom. The number of hydrogen-bond acceptors (Lipinski definition) is 2. The van der Waals surface area contributed by atoms with Gasteiger partial charge in [0.2, 0.25) is 6.43 Å². The molecule has 0 fully saturated rings. The van der Waals surface area contributed by atoms with Crippen molar-refractivity contribution >= 4 is 5.69 Å². The molecule has 0 bridgehead atoms. The highest BCUT2D eigenvalue weighted by Gasteiger charge is 2.09. The number of nitro groups is 1. The van der Waals surface area contributed by atoms with Crippen molar-refractivity contribution in [2.24, 2.45) is 0 Å². The van der Waals surface area contributed by atoms with Crippen molar-refractivity contribution in [2.75, 3.05) is 0 Å². The number of benzene rings is 1. The summed E-state index contributed by atoms with van der Waals surface area (Å²) < 4.78 is 23.8. The fourth-order valence-electron chi connectivity index (χ4n) is 0.975. The third kappa shape index (κ3) is 2.77. The molecule has 0 unspecified atom stereocenters. The second-order valence-electron chi connectivity index (χ2n) is 2.52. The molecule has 1 aromatic carbocycles. The molecule has 13 heavy (non-hydrogen) atoms. The molecule has 0 saturated heterocycles. The smallest absolute Gasteiger partial charge is 0.258 e. The summed E-state index contributed by atoms with van der Waals surface area (Å²) in [7, 11) is 0. The van der Waals surface area contributed by atoms with Crippen LogP contribution >= 0.6 is 0 Å². The fraction of sp³-hybridized carbons (Fsp3) is 0.250. The van der Waals surface area contributed by atoms with Crippen LogP contribution in [0.4, 0.5) is 14.5 Å². The van der Waals surface area contributed by atoms with E-state index in [-0.39, 0.29) is 11.3 Å². The number of halogens is 2. The average molecular weight is 187 g/mol. The Morgan fingerprint density at radius 3 is 2.69 bits per heavy atom. The number of non-ortho nitro benzene ring substituents is 1. The quantitative estimate of drug-likeness (QED) is 0.538. The van der Waals surface area contributed by atoms with Gasteiger partial charge in [0.15, 0.2) is 0 Å². The normalized spacial score (nSPS) is 10.4. The highest BCUT2D eigenvalue weighted by molar-refractivity contribution is 5.34. The van der Waals surface area contributed by atoms with E-state index in [0.29, 0.717) is 0 Å². The van der Waals surface area contributed by atoms with Crippen LogP contribution in [-0.4, -0.2) is 11.3 Å². The number of nitrogens with zero attached hydrogens (tertiary/aromatic N) is 1. The Balaban J connectivity index is 2.85. The van der Waals surface area contributed by atoms with Crippen molar-refractivity contribution in [3.05, 3.63) is 39.9 Å². The van der Waals surface area contributed by atoms with E-state index >= 15 is 0 Å². The van der Waals surface area contributed by atoms with Gasteiger partial charge in [0.1, 0.15) is 0 Å². The summed E-state index contributed by atoms with van der Waals surface area (Å²) in [5.74, 6) is 0. The molecule has 0 spiro atoms. The predicted octanol–water partition coefficient (Wildman–Crippen LogP) is 2.40. The SMILES string of the molecule is O=[N+]([O-])c1cccc(CC(F)F)c1. The van der Waals surface area contributed by atoms with Gasteiger partial charge in [0.05, 0.1) is 4.92 Å². The fourth-order valence-corrected chi connectivity index (χ4v) is 0.975. The van der Waals surface area contributed by atoms with Gasteiger partial charge in [-0.3, -0.25) is 10.1 Å². The third-order valence-corrected chi connectivity index (χ3v) is 1.51. The van der Waals surface area contributed by atoms with Crippen LogP contribution in [0.3, 0.4) is 0 Å². The van der Waals surface area contributed by atoms with Crippen LogP contribution < -0.4 is 0 Å². The second-order valence-corrected chi connectivity index (χ2v) is 2.52. The molecule has 0 aliphatic rings. The molecular formula is C8H7F2NO2. The molecule has 0 aromatic heterocycles. The van der Waals surface area contributed by atoms with E-state index in [1.54, 1.807) is 0 Å². The maximum absolute atomic E-state index is 11.9. The van der Waals surface area contributed by atoms with Crippen LogP contribution in [0, 0.1) is 10.1 Å². The van der Waals surface area contributed by atoms with E-state index in [1.807, 2.05) is 0 Å². The van der Waals surface area contributed by atoms with Crippen LogP contribution in [0.25, 0.3) is 0 Å². The van der Waals surface area contributed by atoms with Gasteiger partial charge < -0.3 is 0 Å². The summed E-state index contributed by atoms with van der Waals surface area (Å²) in [5.41, 5.74) is 0.127. The summed E-state index contributed by atoms with van der Waals surface area (Å²) in [5, 5.41) is 10.3. The van der Waals surface area contributed by atoms with Crippen LogP contribution in [-0.2, 0) is 6.42 Å². The van der Waals surface area contributed by atoms with Crippen molar-refractivity contribution in [3.8, 4) is 0 Å². The molecule has 0 N–H and O–H groups in total. The van der Waals surface area contributed by atoms with Crippen LogP contribution in [0.15, 0.2) is 24.3 Å². The van der Waals surface area contributed by atoms with Gasteiger partial charge in [0.25, 0.3) is 5.69 Å². The highest BCUT2D eigenvalue weighted by Crippen LogP contribution is 2.15. The maximum Gasteiger partial charge on any atom is 0.269 e. The number of nitro benzene ring substituents is 1. The Morgan fingerprint density at radius 2 is 2.15 bits per heavy atom. The van der Waals surface area contributed by atoms with Gasteiger partial charge in [0, 0.05) is 18.6 Å². The minimum Gasteiger partial charge on any atom is -0.258 e. The number of alkyl halides is 2. The summed E-state index contributed by atoms with van der Waals surface area (Å²) >= 11 is 0. The molecule has 0 atom stereocenters. The van der Waals surface area contributed by atoms with E-state index in [4.69, 9.17) is 0 Å². The molecule has 0 radical (unpaired) electrons. The zero-order valence-electron chi connectivity index (χ0n) is 6.61. The Labute approximate surface area is 73.1 Å². The van der Waals surface area contributed by atoms with E-state index in [0.717, 1.165) is 6.07 Å². The number of rotatable bonds is 3. The first-order valence-electron chi connectivity index (χ1n) is 3.61. The predicted molar refractivity (Wildman–Crippen MR) is 42.8 cm³/mol. The van der Waals surface area contributed by atoms with Gasteiger partial charge in [-0.15, -0.1) is 0 Å². The van der Waals surface area contributed by atoms with Crippen LogP contribution in [0.1, 0.15) is 5.56 Å². The van der Waals surface area contributed by atoms with Gasteiger partial charge in [-0.2, -0.15) is 0 Å². The summed E-state index contributed by atoms with van der Waals surface area (Å²) in [6.07, 6.45) is -2.91. The third-order valence-electron chi connectivity index (χ3n) is 1.51.